The van der Waals surface area contributed by atoms with Gasteiger partial charge in [0.1, 0.15) is 0 Å². The topological polar surface area (TPSA) is 41.8 Å². The highest BCUT2D eigenvalue weighted by Crippen LogP contribution is 2.11. The van der Waals surface area contributed by atoms with E-state index in [9.17, 15) is 0 Å². The second-order valence-corrected chi connectivity index (χ2v) is 6.06. The van der Waals surface area contributed by atoms with E-state index in [-0.39, 0.29) is 0 Å². The van der Waals surface area contributed by atoms with Gasteiger partial charge in [-0.1, -0.05) is 23.7 Å². The molecule has 0 atom stereocenters. The zero-order valence-electron chi connectivity index (χ0n) is 14.5. The summed E-state index contributed by atoms with van der Waals surface area (Å²) < 4.78 is 7.78. The molecular formula is C18H25ClN4O. The Bertz CT molecular complexity index is 669. The van der Waals surface area contributed by atoms with E-state index in [4.69, 9.17) is 16.3 Å². The first-order valence-corrected chi connectivity index (χ1v) is 8.32. The average molecular weight is 349 g/mol. The molecule has 0 bridgehead atoms. The third kappa shape index (κ3) is 5.58. The number of guanidine groups is 1. The molecule has 0 aliphatic rings. The number of rotatable bonds is 7. The summed E-state index contributed by atoms with van der Waals surface area (Å²) in [5.41, 5.74) is 2.31. The zero-order valence-corrected chi connectivity index (χ0v) is 15.3. The van der Waals surface area contributed by atoms with E-state index in [1.54, 1.807) is 7.05 Å². The van der Waals surface area contributed by atoms with Gasteiger partial charge in [-0.15, -0.1) is 0 Å². The third-order valence-corrected chi connectivity index (χ3v) is 3.95. The number of ether oxygens (including phenoxy) is 1. The predicted molar refractivity (Wildman–Crippen MR) is 99.3 cm³/mol. The molecule has 0 aliphatic heterocycles. The highest BCUT2D eigenvalue weighted by Gasteiger charge is 2.07. The molecule has 0 amide bonds. The number of benzene rings is 1. The zero-order chi connectivity index (χ0) is 17.4. The predicted octanol–water partition coefficient (Wildman–Crippen LogP) is 2.90. The van der Waals surface area contributed by atoms with E-state index in [1.807, 2.05) is 50.6 Å². The maximum Gasteiger partial charge on any atom is 0.193 e. The number of hydrogen-bond acceptors (Lipinski definition) is 2. The van der Waals surface area contributed by atoms with Gasteiger partial charge in [-0.2, -0.15) is 0 Å². The van der Waals surface area contributed by atoms with Gasteiger partial charge in [-0.25, -0.2) is 0 Å². The van der Waals surface area contributed by atoms with Crippen molar-refractivity contribution in [2.75, 3.05) is 27.2 Å². The molecule has 2 aromatic rings. The lowest BCUT2D eigenvalue weighted by Crippen LogP contribution is -2.40. The minimum Gasteiger partial charge on any atom is -0.375 e. The van der Waals surface area contributed by atoms with Crippen LogP contribution in [0.25, 0.3) is 0 Å². The molecule has 130 valence electrons. The molecule has 0 fully saturated rings. The molecule has 1 N–H and O–H groups in total. The number of aromatic nitrogens is 1. The molecule has 1 aromatic carbocycles. The quantitative estimate of drug-likeness (QED) is 0.475. The maximum atomic E-state index is 5.96. The van der Waals surface area contributed by atoms with Crippen LogP contribution in [-0.4, -0.2) is 42.7 Å². The number of aryl methyl sites for hydroxylation is 1. The Hall–Kier alpha value is -1.98. The number of nitrogens with zero attached hydrogens (tertiary/aromatic N) is 3. The Morgan fingerprint density at radius 3 is 2.83 bits per heavy atom. The van der Waals surface area contributed by atoms with Crippen LogP contribution in [0.3, 0.4) is 0 Å². The molecule has 0 saturated carbocycles. The summed E-state index contributed by atoms with van der Waals surface area (Å²) in [5, 5.41) is 4.05. The lowest BCUT2D eigenvalue weighted by Gasteiger charge is -2.22. The molecule has 6 heteroatoms. The van der Waals surface area contributed by atoms with Gasteiger partial charge in [0.2, 0.25) is 0 Å². The standard InChI is InChI=1S/C18H25ClN4O/c1-20-18(23(3)13-17-8-5-10-22(17)2)21-9-11-24-14-15-6-4-7-16(19)12-15/h4-8,10,12H,9,11,13-14H2,1-3H3,(H,20,21). The molecule has 2 rings (SSSR count). The second kappa shape index (κ2) is 9.35. The molecule has 1 heterocycles. The summed E-state index contributed by atoms with van der Waals surface area (Å²) in [6.45, 7) is 2.65. The van der Waals surface area contributed by atoms with Crippen LogP contribution in [0.1, 0.15) is 11.3 Å². The first-order valence-electron chi connectivity index (χ1n) is 7.94. The first kappa shape index (κ1) is 18.4. The molecule has 5 nitrogen and oxygen atoms in total. The minimum atomic E-state index is 0.556. The monoisotopic (exact) mass is 348 g/mol. The molecule has 0 spiro atoms. The van der Waals surface area contributed by atoms with Crippen molar-refractivity contribution < 1.29 is 4.74 Å². The van der Waals surface area contributed by atoms with Gasteiger partial charge in [0.05, 0.1) is 19.8 Å². The largest absolute Gasteiger partial charge is 0.375 e. The van der Waals surface area contributed by atoms with E-state index < -0.39 is 0 Å². The minimum absolute atomic E-state index is 0.556. The van der Waals surface area contributed by atoms with Crippen LogP contribution < -0.4 is 5.32 Å². The van der Waals surface area contributed by atoms with Crippen LogP contribution in [0, 0.1) is 0 Å². The molecule has 0 aliphatic carbocycles. The summed E-state index contributed by atoms with van der Waals surface area (Å²) >= 11 is 5.96. The van der Waals surface area contributed by atoms with Crippen molar-refractivity contribution in [1.82, 2.24) is 14.8 Å². The van der Waals surface area contributed by atoms with E-state index in [1.165, 1.54) is 5.69 Å². The number of aliphatic imine (C=N–C) groups is 1. The highest BCUT2D eigenvalue weighted by molar-refractivity contribution is 6.30. The first-order chi connectivity index (χ1) is 11.6. The fourth-order valence-corrected chi connectivity index (χ4v) is 2.63. The Kier molecular flexibility index (Phi) is 7.15. The lowest BCUT2D eigenvalue weighted by molar-refractivity contribution is 0.125. The van der Waals surface area contributed by atoms with Gasteiger partial charge in [0.25, 0.3) is 0 Å². The normalized spacial score (nSPS) is 11.6. The van der Waals surface area contributed by atoms with Gasteiger partial charge in [-0.3, -0.25) is 4.99 Å². The average Bonchev–Trinajstić information content (AvgIpc) is 2.96. The van der Waals surface area contributed by atoms with E-state index in [2.05, 4.69) is 25.8 Å². The van der Waals surface area contributed by atoms with Crippen molar-refractivity contribution in [1.29, 1.82) is 0 Å². The molecule has 0 unspecified atom stereocenters. The van der Waals surface area contributed by atoms with Crippen LogP contribution in [0.15, 0.2) is 47.6 Å². The lowest BCUT2D eigenvalue weighted by atomic mass is 10.2. The summed E-state index contributed by atoms with van der Waals surface area (Å²) in [7, 11) is 5.86. The number of halogens is 1. The van der Waals surface area contributed by atoms with Gasteiger partial charge in [0.15, 0.2) is 5.96 Å². The van der Waals surface area contributed by atoms with Crippen LogP contribution >= 0.6 is 11.6 Å². The summed E-state index contributed by atoms with van der Waals surface area (Å²) in [6, 6.07) is 11.9. The Balaban J connectivity index is 1.70. The van der Waals surface area contributed by atoms with E-state index in [0.717, 1.165) is 23.1 Å². The number of nitrogens with one attached hydrogen (secondary N) is 1. The Morgan fingerprint density at radius 1 is 1.33 bits per heavy atom. The van der Waals surface area contributed by atoms with Gasteiger partial charge in [-0.05, 0) is 29.8 Å². The molecule has 24 heavy (non-hydrogen) atoms. The van der Waals surface area contributed by atoms with Crippen LogP contribution in [0.2, 0.25) is 5.02 Å². The molecule has 0 saturated heterocycles. The molecule has 0 radical (unpaired) electrons. The van der Waals surface area contributed by atoms with Crippen molar-refractivity contribution >= 4 is 17.6 Å². The SMILES string of the molecule is CN=C(NCCOCc1cccc(Cl)c1)N(C)Cc1cccn1C. The maximum absolute atomic E-state index is 5.96. The van der Waals surface area contributed by atoms with Gasteiger partial charge < -0.3 is 19.5 Å². The van der Waals surface area contributed by atoms with Crippen LogP contribution in [0.4, 0.5) is 0 Å². The second-order valence-electron chi connectivity index (χ2n) is 5.62. The summed E-state index contributed by atoms with van der Waals surface area (Å²) in [6.07, 6.45) is 2.04. The Morgan fingerprint density at radius 2 is 2.17 bits per heavy atom. The van der Waals surface area contributed by atoms with E-state index >= 15 is 0 Å². The van der Waals surface area contributed by atoms with Gasteiger partial charge in [0, 0.05) is 44.6 Å². The van der Waals surface area contributed by atoms with Crippen molar-refractivity contribution in [3.63, 3.8) is 0 Å². The van der Waals surface area contributed by atoms with E-state index in [0.29, 0.717) is 19.8 Å². The Labute approximate surface area is 148 Å². The van der Waals surface area contributed by atoms with Crippen molar-refractivity contribution in [3.8, 4) is 0 Å². The fraction of sp³-hybridized carbons (Fsp3) is 0.389. The van der Waals surface area contributed by atoms with Crippen LogP contribution in [-0.2, 0) is 24.9 Å². The summed E-state index contributed by atoms with van der Waals surface area (Å²) in [4.78, 5) is 6.40. The van der Waals surface area contributed by atoms with Crippen molar-refractivity contribution in [2.45, 2.75) is 13.2 Å². The third-order valence-electron chi connectivity index (χ3n) is 3.71. The molecule has 1 aromatic heterocycles. The van der Waals surface area contributed by atoms with Crippen molar-refractivity contribution in [3.05, 3.63) is 58.9 Å². The molecular weight excluding hydrogens is 324 g/mol. The fourth-order valence-electron chi connectivity index (χ4n) is 2.42. The smallest absolute Gasteiger partial charge is 0.193 e. The summed E-state index contributed by atoms with van der Waals surface area (Å²) in [5.74, 6) is 0.850. The highest BCUT2D eigenvalue weighted by atomic mass is 35.5. The number of hydrogen-bond donors (Lipinski definition) is 1. The van der Waals surface area contributed by atoms with Crippen molar-refractivity contribution in [2.24, 2.45) is 12.0 Å². The van der Waals surface area contributed by atoms with Crippen LogP contribution in [0.5, 0.6) is 0 Å². The van der Waals surface area contributed by atoms with Gasteiger partial charge >= 0.3 is 0 Å².